The minimum absolute atomic E-state index is 0.398. The van der Waals surface area contributed by atoms with E-state index in [1.165, 1.54) is 0 Å². The van der Waals surface area contributed by atoms with Crippen LogP contribution in [0.15, 0.2) is 48.5 Å². The van der Waals surface area contributed by atoms with Crippen molar-refractivity contribution in [3.05, 3.63) is 59.7 Å². The minimum atomic E-state index is -0.472. The Morgan fingerprint density at radius 3 is 2.45 bits per heavy atom. The number of para-hydroxylation sites is 1. The molecule has 1 amide bonds. The van der Waals surface area contributed by atoms with Crippen LogP contribution in [0.3, 0.4) is 0 Å². The zero-order valence-electron chi connectivity index (χ0n) is 12.0. The second-order valence-electron chi connectivity index (χ2n) is 5.06. The van der Waals surface area contributed by atoms with Crippen molar-refractivity contribution in [1.82, 2.24) is 0 Å². The van der Waals surface area contributed by atoms with Crippen molar-refractivity contribution in [1.29, 1.82) is 0 Å². The summed E-state index contributed by atoms with van der Waals surface area (Å²) in [6.07, 6.45) is -0.472. The summed E-state index contributed by atoms with van der Waals surface area (Å²) in [6, 6.07) is 15.2. The molecule has 0 fully saturated rings. The predicted octanol–water partition coefficient (Wildman–Crippen LogP) is 4.73. The van der Waals surface area contributed by atoms with Gasteiger partial charge in [-0.1, -0.05) is 44.2 Å². The van der Waals surface area contributed by atoms with Crippen LogP contribution in [0.2, 0.25) is 0 Å². The molecule has 0 heterocycles. The fourth-order valence-corrected chi connectivity index (χ4v) is 1.85. The molecule has 0 aliphatic carbocycles. The lowest BCUT2D eigenvalue weighted by molar-refractivity contribution is 0.215. The van der Waals surface area contributed by atoms with Crippen molar-refractivity contribution in [3.63, 3.8) is 0 Å². The molecule has 0 aliphatic rings. The van der Waals surface area contributed by atoms with Gasteiger partial charge in [-0.25, -0.2) is 4.79 Å². The van der Waals surface area contributed by atoms with Crippen molar-refractivity contribution in [3.8, 4) is 5.75 Å². The highest BCUT2D eigenvalue weighted by Gasteiger charge is 2.09. The number of ether oxygens (including phenoxy) is 1. The van der Waals surface area contributed by atoms with Gasteiger partial charge >= 0.3 is 6.09 Å². The van der Waals surface area contributed by atoms with Crippen LogP contribution in [0.5, 0.6) is 5.75 Å². The third-order valence-electron chi connectivity index (χ3n) is 3.10. The number of benzene rings is 2. The van der Waals surface area contributed by atoms with Gasteiger partial charge in [0.1, 0.15) is 5.75 Å². The van der Waals surface area contributed by atoms with Gasteiger partial charge in [0.15, 0.2) is 0 Å². The van der Waals surface area contributed by atoms with Crippen LogP contribution >= 0.6 is 0 Å². The summed E-state index contributed by atoms with van der Waals surface area (Å²) < 4.78 is 5.39. The maximum Gasteiger partial charge on any atom is 0.417 e. The summed E-state index contributed by atoms with van der Waals surface area (Å²) in [6.45, 7) is 6.15. The molecule has 0 saturated heterocycles. The number of aryl methyl sites for hydroxylation is 1. The van der Waals surface area contributed by atoms with Gasteiger partial charge in [0.05, 0.1) is 0 Å². The highest BCUT2D eigenvalue weighted by molar-refractivity contribution is 5.86. The average molecular weight is 269 g/mol. The molecule has 0 spiro atoms. The van der Waals surface area contributed by atoms with Gasteiger partial charge < -0.3 is 4.74 Å². The van der Waals surface area contributed by atoms with Crippen molar-refractivity contribution >= 4 is 11.8 Å². The molecule has 0 radical (unpaired) electrons. The summed E-state index contributed by atoms with van der Waals surface area (Å²) in [5, 5.41) is 2.71. The van der Waals surface area contributed by atoms with E-state index in [0.29, 0.717) is 11.7 Å². The monoisotopic (exact) mass is 269 g/mol. The number of amides is 1. The average Bonchev–Trinajstić information content (AvgIpc) is 2.42. The van der Waals surface area contributed by atoms with Crippen molar-refractivity contribution in [2.24, 2.45) is 0 Å². The van der Waals surface area contributed by atoms with Crippen LogP contribution in [0.1, 0.15) is 30.9 Å². The van der Waals surface area contributed by atoms with Gasteiger partial charge in [-0.15, -0.1) is 0 Å². The largest absolute Gasteiger partial charge is 0.417 e. The Morgan fingerprint density at radius 2 is 1.80 bits per heavy atom. The molecule has 2 rings (SSSR count). The van der Waals surface area contributed by atoms with Gasteiger partial charge in [0.25, 0.3) is 0 Å². The first-order valence-corrected chi connectivity index (χ1v) is 6.70. The van der Waals surface area contributed by atoms with Gasteiger partial charge in [-0.05, 0) is 42.2 Å². The SMILES string of the molecule is Cc1ccc(C(C)C)cc1OC(=O)Nc1ccccc1. The molecule has 3 heteroatoms. The van der Waals surface area contributed by atoms with Gasteiger partial charge in [-0.3, -0.25) is 5.32 Å². The Bertz CT molecular complexity index is 591. The van der Waals surface area contributed by atoms with Gasteiger partial charge in [-0.2, -0.15) is 0 Å². The quantitative estimate of drug-likeness (QED) is 0.874. The van der Waals surface area contributed by atoms with Gasteiger partial charge in [0.2, 0.25) is 0 Å². The Hall–Kier alpha value is -2.29. The molecule has 1 N–H and O–H groups in total. The molecule has 2 aromatic rings. The molecule has 0 atom stereocenters. The smallest absolute Gasteiger partial charge is 0.410 e. The first-order valence-electron chi connectivity index (χ1n) is 6.70. The standard InChI is InChI=1S/C17H19NO2/c1-12(2)14-10-9-13(3)16(11-14)20-17(19)18-15-7-5-4-6-8-15/h4-12H,1-3H3,(H,18,19). The van der Waals surface area contributed by atoms with E-state index < -0.39 is 6.09 Å². The minimum Gasteiger partial charge on any atom is -0.410 e. The highest BCUT2D eigenvalue weighted by Crippen LogP contribution is 2.24. The number of carbonyl (C=O) groups is 1. The Labute approximate surface area is 119 Å². The number of hydrogen-bond donors (Lipinski definition) is 1. The molecule has 2 aromatic carbocycles. The number of anilines is 1. The molecule has 0 saturated carbocycles. The zero-order chi connectivity index (χ0) is 14.5. The van der Waals surface area contributed by atoms with Crippen LogP contribution in [-0.4, -0.2) is 6.09 Å². The molecule has 0 bridgehead atoms. The lowest BCUT2D eigenvalue weighted by Crippen LogP contribution is -2.17. The Kier molecular flexibility index (Phi) is 4.41. The van der Waals surface area contributed by atoms with Gasteiger partial charge in [0, 0.05) is 5.69 Å². The number of nitrogens with one attached hydrogen (secondary N) is 1. The zero-order valence-corrected chi connectivity index (χ0v) is 12.0. The van der Waals surface area contributed by atoms with Crippen molar-refractivity contribution < 1.29 is 9.53 Å². The molecule has 0 aliphatic heterocycles. The Balaban J connectivity index is 2.09. The first kappa shape index (κ1) is 14.1. The van der Waals surface area contributed by atoms with Crippen LogP contribution in [-0.2, 0) is 0 Å². The fraction of sp³-hybridized carbons (Fsp3) is 0.235. The predicted molar refractivity (Wildman–Crippen MR) is 81.4 cm³/mol. The van der Waals surface area contributed by atoms with E-state index in [1.54, 1.807) is 0 Å². The van der Waals surface area contributed by atoms with E-state index in [1.807, 2.05) is 49.4 Å². The van der Waals surface area contributed by atoms with Crippen LogP contribution in [0, 0.1) is 6.92 Å². The van der Waals surface area contributed by atoms with Crippen LogP contribution in [0.25, 0.3) is 0 Å². The number of carbonyl (C=O) groups excluding carboxylic acids is 1. The lowest BCUT2D eigenvalue weighted by atomic mass is 10.0. The number of rotatable bonds is 3. The maximum atomic E-state index is 11.9. The van der Waals surface area contributed by atoms with Crippen molar-refractivity contribution in [2.45, 2.75) is 26.7 Å². The van der Waals surface area contributed by atoms with Crippen molar-refractivity contribution in [2.75, 3.05) is 5.32 Å². The van der Waals surface area contributed by atoms with E-state index in [2.05, 4.69) is 25.2 Å². The summed E-state index contributed by atoms with van der Waals surface area (Å²) in [4.78, 5) is 11.9. The molecule has 104 valence electrons. The van der Waals surface area contributed by atoms with E-state index >= 15 is 0 Å². The van der Waals surface area contributed by atoms with E-state index in [9.17, 15) is 4.79 Å². The summed E-state index contributed by atoms with van der Waals surface area (Å²) >= 11 is 0. The highest BCUT2D eigenvalue weighted by atomic mass is 16.6. The number of hydrogen-bond acceptors (Lipinski definition) is 2. The third-order valence-corrected chi connectivity index (χ3v) is 3.10. The molecular weight excluding hydrogens is 250 g/mol. The Morgan fingerprint density at radius 1 is 1.10 bits per heavy atom. The summed E-state index contributed by atoms with van der Waals surface area (Å²) in [7, 11) is 0. The molecule has 0 aromatic heterocycles. The summed E-state index contributed by atoms with van der Waals surface area (Å²) in [5.41, 5.74) is 2.81. The van der Waals surface area contributed by atoms with E-state index in [0.717, 1.165) is 16.8 Å². The fourth-order valence-electron chi connectivity index (χ4n) is 1.85. The van der Waals surface area contributed by atoms with Crippen LogP contribution < -0.4 is 10.1 Å². The molecule has 20 heavy (non-hydrogen) atoms. The lowest BCUT2D eigenvalue weighted by Gasteiger charge is -2.12. The maximum absolute atomic E-state index is 11.9. The molecule has 3 nitrogen and oxygen atoms in total. The van der Waals surface area contributed by atoms with E-state index in [-0.39, 0.29) is 0 Å². The first-order chi connectivity index (χ1) is 9.56. The normalized spacial score (nSPS) is 10.4. The molecule has 0 unspecified atom stereocenters. The topological polar surface area (TPSA) is 38.3 Å². The second kappa shape index (κ2) is 6.24. The molecular formula is C17H19NO2. The second-order valence-corrected chi connectivity index (χ2v) is 5.06. The van der Waals surface area contributed by atoms with Crippen LogP contribution in [0.4, 0.5) is 10.5 Å². The summed E-state index contributed by atoms with van der Waals surface area (Å²) in [5.74, 6) is 1.000. The third kappa shape index (κ3) is 3.60. The van der Waals surface area contributed by atoms with E-state index in [4.69, 9.17) is 4.74 Å².